The summed E-state index contributed by atoms with van der Waals surface area (Å²) in [5, 5.41) is 30.2. The zero-order valence-electron chi connectivity index (χ0n) is 8.94. The zero-order valence-corrected chi connectivity index (χ0v) is 8.94. The van der Waals surface area contributed by atoms with Gasteiger partial charge in [-0.05, 0) is 0 Å². The van der Waals surface area contributed by atoms with Gasteiger partial charge < -0.3 is 20.1 Å². The summed E-state index contributed by atoms with van der Waals surface area (Å²) in [4.78, 5) is 23.6. The molecule has 0 aromatic heterocycles. The van der Waals surface area contributed by atoms with Crippen molar-refractivity contribution in [3.8, 4) is 0 Å². The second kappa shape index (κ2) is 4.57. The van der Waals surface area contributed by atoms with E-state index < -0.39 is 43.1 Å². The Morgan fingerprint density at radius 1 is 1.35 bits per heavy atom. The Morgan fingerprint density at radius 3 is 2.59 bits per heavy atom. The summed E-state index contributed by atoms with van der Waals surface area (Å²) in [6.45, 7) is -0.347. The molecule has 96 valence electrons. The molecule has 0 bridgehead atoms. The van der Waals surface area contributed by atoms with Crippen LogP contribution in [0.15, 0.2) is 0 Å². The maximum Gasteiger partial charge on any atom is 0.326 e. The number of carbonyl (C=O) groups excluding carboxylic acids is 2. The van der Waals surface area contributed by atoms with Crippen molar-refractivity contribution < 1.29 is 29.6 Å². The van der Waals surface area contributed by atoms with Crippen molar-refractivity contribution in [1.82, 2.24) is 10.2 Å². The van der Waals surface area contributed by atoms with E-state index in [2.05, 4.69) is 5.32 Å². The van der Waals surface area contributed by atoms with Gasteiger partial charge in [0.2, 0.25) is 5.91 Å². The lowest BCUT2D eigenvalue weighted by Crippen LogP contribution is -2.56. The number of carbonyl (C=O) groups is 2. The summed E-state index contributed by atoms with van der Waals surface area (Å²) in [6.07, 6.45) is -4.42. The molecular formula is C9H14N2O6. The zero-order chi connectivity index (χ0) is 12.6. The van der Waals surface area contributed by atoms with Crippen molar-refractivity contribution in [2.75, 3.05) is 13.2 Å². The highest BCUT2D eigenvalue weighted by Gasteiger charge is 2.47. The first-order chi connectivity index (χ1) is 8.04. The van der Waals surface area contributed by atoms with Crippen LogP contribution < -0.4 is 5.32 Å². The first kappa shape index (κ1) is 12.2. The number of hydrogen-bond donors (Lipinski definition) is 4. The fraction of sp³-hybridized carbons (Fsp3) is 0.778. The topological polar surface area (TPSA) is 119 Å². The number of imide groups is 1. The van der Waals surface area contributed by atoms with Gasteiger partial charge in [-0.1, -0.05) is 0 Å². The van der Waals surface area contributed by atoms with Gasteiger partial charge in [0.15, 0.2) is 6.23 Å². The average molecular weight is 246 g/mol. The van der Waals surface area contributed by atoms with E-state index in [4.69, 9.17) is 9.84 Å². The highest BCUT2D eigenvalue weighted by molar-refractivity contribution is 5.96. The number of aliphatic hydroxyl groups excluding tert-OH is 3. The standard InChI is InChI=1S/C9H14N2O6/c12-3-4-6(14)7(15)8(17-4)11-2-1-5(13)10-9(11)16/h4,6-8,12,14-15H,1-3H2,(H,10,13,16)/t4-,6+,7+,8+/m0/s1. The van der Waals surface area contributed by atoms with E-state index in [-0.39, 0.29) is 13.0 Å². The average Bonchev–Trinajstić information content (AvgIpc) is 2.57. The molecule has 8 heteroatoms. The summed E-state index contributed by atoms with van der Waals surface area (Å²) in [6, 6.07) is -0.670. The van der Waals surface area contributed by atoms with E-state index in [1.807, 2.05) is 0 Å². The highest BCUT2D eigenvalue weighted by Crippen LogP contribution is 2.25. The molecular weight excluding hydrogens is 232 g/mol. The Morgan fingerprint density at radius 2 is 2.06 bits per heavy atom. The second-order valence-electron chi connectivity index (χ2n) is 4.03. The third-order valence-electron chi connectivity index (χ3n) is 2.91. The quantitative estimate of drug-likeness (QED) is 0.423. The molecule has 2 aliphatic heterocycles. The van der Waals surface area contributed by atoms with E-state index in [0.717, 1.165) is 4.90 Å². The van der Waals surface area contributed by atoms with Crippen LogP contribution >= 0.6 is 0 Å². The van der Waals surface area contributed by atoms with Crippen molar-refractivity contribution in [2.45, 2.75) is 31.0 Å². The van der Waals surface area contributed by atoms with E-state index in [1.165, 1.54) is 0 Å². The summed E-state index contributed by atoms with van der Waals surface area (Å²) >= 11 is 0. The lowest BCUT2D eigenvalue weighted by Gasteiger charge is -2.32. The largest absolute Gasteiger partial charge is 0.394 e. The van der Waals surface area contributed by atoms with E-state index in [1.54, 1.807) is 0 Å². The van der Waals surface area contributed by atoms with Gasteiger partial charge in [-0.25, -0.2) is 4.79 Å². The smallest absolute Gasteiger partial charge is 0.326 e. The number of rotatable bonds is 2. The van der Waals surface area contributed by atoms with E-state index >= 15 is 0 Å². The molecule has 0 aliphatic carbocycles. The molecule has 0 radical (unpaired) electrons. The van der Waals surface area contributed by atoms with Gasteiger partial charge in [0.1, 0.15) is 18.3 Å². The van der Waals surface area contributed by atoms with Gasteiger partial charge in [-0.2, -0.15) is 0 Å². The Balaban J connectivity index is 2.08. The molecule has 3 amide bonds. The van der Waals surface area contributed by atoms with Crippen LogP contribution in [-0.4, -0.2) is 69.8 Å². The van der Waals surface area contributed by atoms with Crippen LogP contribution in [0.2, 0.25) is 0 Å². The number of amides is 3. The van der Waals surface area contributed by atoms with Gasteiger partial charge in [-0.3, -0.25) is 15.0 Å². The molecule has 2 heterocycles. The minimum Gasteiger partial charge on any atom is -0.394 e. The van der Waals surface area contributed by atoms with Crippen molar-refractivity contribution in [2.24, 2.45) is 0 Å². The predicted molar refractivity (Wildman–Crippen MR) is 52.6 cm³/mol. The molecule has 8 nitrogen and oxygen atoms in total. The van der Waals surface area contributed by atoms with Crippen LogP contribution in [0.1, 0.15) is 6.42 Å². The number of aliphatic hydroxyl groups is 3. The van der Waals surface area contributed by atoms with Gasteiger partial charge in [0.25, 0.3) is 0 Å². The van der Waals surface area contributed by atoms with E-state index in [9.17, 15) is 19.8 Å². The number of nitrogens with one attached hydrogen (secondary N) is 1. The number of urea groups is 1. The van der Waals surface area contributed by atoms with Crippen molar-refractivity contribution in [3.63, 3.8) is 0 Å². The highest BCUT2D eigenvalue weighted by atomic mass is 16.6. The van der Waals surface area contributed by atoms with Crippen LogP contribution in [0, 0.1) is 0 Å². The molecule has 2 rings (SSSR count). The maximum absolute atomic E-state index is 11.5. The summed E-state index contributed by atoms with van der Waals surface area (Å²) in [7, 11) is 0. The third-order valence-corrected chi connectivity index (χ3v) is 2.91. The van der Waals surface area contributed by atoms with Gasteiger partial charge in [0, 0.05) is 13.0 Å². The van der Waals surface area contributed by atoms with Gasteiger partial charge in [-0.15, -0.1) is 0 Å². The minimum atomic E-state index is -1.30. The lowest BCUT2D eigenvalue weighted by atomic mass is 10.1. The minimum absolute atomic E-state index is 0.108. The molecule has 0 spiro atoms. The van der Waals surface area contributed by atoms with Crippen LogP contribution in [0.4, 0.5) is 4.79 Å². The van der Waals surface area contributed by atoms with Crippen molar-refractivity contribution in [3.05, 3.63) is 0 Å². The van der Waals surface area contributed by atoms with Crippen LogP contribution in [-0.2, 0) is 9.53 Å². The molecule has 0 unspecified atom stereocenters. The molecule has 2 fully saturated rings. The second-order valence-corrected chi connectivity index (χ2v) is 4.03. The predicted octanol–water partition coefficient (Wildman–Crippen LogP) is -2.63. The summed E-state index contributed by atoms with van der Waals surface area (Å²) in [5.41, 5.74) is 0. The SMILES string of the molecule is O=C1CCN([C@@H]2O[C@@H](CO)[C@@H](O)[C@H]2O)C(=O)N1. The van der Waals surface area contributed by atoms with Crippen LogP contribution in [0.25, 0.3) is 0 Å². The maximum atomic E-state index is 11.5. The fourth-order valence-corrected chi connectivity index (χ4v) is 1.96. The number of hydrogen-bond acceptors (Lipinski definition) is 6. The lowest BCUT2D eigenvalue weighted by molar-refractivity contribution is -0.125. The normalized spacial score (nSPS) is 38.4. The number of nitrogens with zero attached hydrogens (tertiary/aromatic N) is 1. The molecule has 4 atom stereocenters. The van der Waals surface area contributed by atoms with Crippen LogP contribution in [0.5, 0.6) is 0 Å². The first-order valence-electron chi connectivity index (χ1n) is 5.27. The molecule has 4 N–H and O–H groups in total. The number of ether oxygens (including phenoxy) is 1. The fourth-order valence-electron chi connectivity index (χ4n) is 1.96. The molecule has 0 aromatic carbocycles. The van der Waals surface area contributed by atoms with Crippen molar-refractivity contribution in [1.29, 1.82) is 0 Å². The third kappa shape index (κ3) is 2.12. The Labute approximate surface area is 96.8 Å². The molecule has 0 aromatic rings. The van der Waals surface area contributed by atoms with Crippen LogP contribution in [0.3, 0.4) is 0 Å². The Hall–Kier alpha value is -1.22. The van der Waals surface area contributed by atoms with Gasteiger partial charge in [0.05, 0.1) is 6.61 Å². The summed E-state index contributed by atoms with van der Waals surface area (Å²) < 4.78 is 5.18. The Kier molecular flexibility index (Phi) is 3.29. The molecule has 2 aliphatic rings. The monoisotopic (exact) mass is 246 g/mol. The molecule has 17 heavy (non-hydrogen) atoms. The van der Waals surface area contributed by atoms with Gasteiger partial charge >= 0.3 is 6.03 Å². The molecule has 0 saturated carbocycles. The Bertz CT molecular complexity index is 335. The summed E-state index contributed by atoms with van der Waals surface area (Å²) in [5.74, 6) is -0.391. The molecule has 2 saturated heterocycles. The first-order valence-corrected chi connectivity index (χ1v) is 5.27. The van der Waals surface area contributed by atoms with E-state index in [0.29, 0.717) is 0 Å². The van der Waals surface area contributed by atoms with Crippen molar-refractivity contribution >= 4 is 11.9 Å².